The molecule has 5 heteroatoms. The maximum absolute atomic E-state index is 12.6. The summed E-state index contributed by atoms with van der Waals surface area (Å²) in [4.78, 5) is 17.1. The number of methoxy groups -OCH3 is 1. The number of carbonyl (C=O) groups excluding carboxylic acids is 1. The van der Waals surface area contributed by atoms with E-state index in [0.29, 0.717) is 5.75 Å². The summed E-state index contributed by atoms with van der Waals surface area (Å²) in [5.74, 6) is 1.56. The van der Waals surface area contributed by atoms with E-state index in [4.69, 9.17) is 9.47 Å². The number of nitrogens with zero attached hydrogens (tertiary/aromatic N) is 2. The van der Waals surface area contributed by atoms with Gasteiger partial charge in [-0.3, -0.25) is 9.69 Å². The Morgan fingerprint density at radius 1 is 1.04 bits per heavy atom. The summed E-state index contributed by atoms with van der Waals surface area (Å²) in [5.41, 5.74) is 0. The zero-order valence-corrected chi connectivity index (χ0v) is 14.7. The van der Waals surface area contributed by atoms with E-state index in [9.17, 15) is 4.79 Å². The van der Waals surface area contributed by atoms with Gasteiger partial charge in [0.15, 0.2) is 6.10 Å². The van der Waals surface area contributed by atoms with Crippen molar-refractivity contribution in [3.63, 3.8) is 0 Å². The molecule has 0 N–H and O–H groups in total. The molecule has 1 heterocycles. The molecule has 0 aromatic heterocycles. The molecule has 3 rings (SSSR count). The molecule has 1 aromatic rings. The van der Waals surface area contributed by atoms with Crippen molar-refractivity contribution in [3.05, 3.63) is 24.3 Å². The van der Waals surface area contributed by atoms with Crippen LogP contribution in [0.5, 0.6) is 11.5 Å². The average molecular weight is 332 g/mol. The van der Waals surface area contributed by atoms with Crippen molar-refractivity contribution >= 4 is 5.91 Å². The summed E-state index contributed by atoms with van der Waals surface area (Å²) in [7, 11) is 1.63. The molecule has 1 saturated heterocycles. The lowest BCUT2D eigenvalue weighted by Crippen LogP contribution is -2.53. The number of piperazine rings is 1. The standard InChI is InChI=1S/C19H28N2O3/c1-15(24-18-9-7-17(23-2)8-10-18)19(22)21-13-11-20(12-14-21)16-5-3-4-6-16/h7-10,15-16H,3-6,11-14H2,1-2H3. The van der Waals surface area contributed by atoms with Crippen LogP contribution in [-0.4, -0.2) is 61.1 Å². The van der Waals surface area contributed by atoms with E-state index < -0.39 is 6.10 Å². The molecule has 1 aromatic carbocycles. The van der Waals surface area contributed by atoms with E-state index in [1.165, 1.54) is 25.7 Å². The molecule has 2 fully saturated rings. The van der Waals surface area contributed by atoms with E-state index in [2.05, 4.69) is 4.90 Å². The number of hydrogen-bond donors (Lipinski definition) is 0. The van der Waals surface area contributed by atoms with Crippen LogP contribution >= 0.6 is 0 Å². The molecule has 0 radical (unpaired) electrons. The molecule has 1 aliphatic carbocycles. The van der Waals surface area contributed by atoms with Gasteiger partial charge in [0.1, 0.15) is 11.5 Å². The Bertz CT molecular complexity index is 532. The van der Waals surface area contributed by atoms with Gasteiger partial charge in [-0.2, -0.15) is 0 Å². The predicted molar refractivity (Wildman–Crippen MR) is 93.5 cm³/mol. The predicted octanol–water partition coefficient (Wildman–Crippen LogP) is 2.55. The molecule has 1 atom stereocenters. The Labute approximate surface area is 144 Å². The minimum absolute atomic E-state index is 0.0805. The zero-order valence-electron chi connectivity index (χ0n) is 14.7. The number of benzene rings is 1. The minimum atomic E-state index is -0.462. The summed E-state index contributed by atoms with van der Waals surface area (Å²) in [6, 6.07) is 8.09. The Morgan fingerprint density at radius 3 is 2.21 bits per heavy atom. The molecular formula is C19H28N2O3. The van der Waals surface area contributed by atoms with E-state index in [1.807, 2.05) is 36.1 Å². The topological polar surface area (TPSA) is 42.0 Å². The van der Waals surface area contributed by atoms with Gasteiger partial charge in [-0.05, 0) is 44.0 Å². The zero-order chi connectivity index (χ0) is 16.9. The monoisotopic (exact) mass is 332 g/mol. The highest BCUT2D eigenvalue weighted by molar-refractivity contribution is 5.81. The van der Waals surface area contributed by atoms with Crippen LogP contribution in [-0.2, 0) is 4.79 Å². The van der Waals surface area contributed by atoms with E-state index >= 15 is 0 Å². The quantitative estimate of drug-likeness (QED) is 0.831. The summed E-state index contributed by atoms with van der Waals surface area (Å²) >= 11 is 0. The van der Waals surface area contributed by atoms with Gasteiger partial charge in [0.05, 0.1) is 7.11 Å². The van der Waals surface area contributed by atoms with Crippen molar-refractivity contribution in [2.45, 2.75) is 44.8 Å². The molecule has 0 spiro atoms. The highest BCUT2D eigenvalue weighted by Crippen LogP contribution is 2.24. The van der Waals surface area contributed by atoms with Crippen LogP contribution in [0.1, 0.15) is 32.6 Å². The second kappa shape index (κ2) is 7.88. The molecule has 2 aliphatic rings. The number of ether oxygens (including phenoxy) is 2. The van der Waals surface area contributed by atoms with Gasteiger partial charge in [0.2, 0.25) is 0 Å². The Hall–Kier alpha value is -1.75. The van der Waals surface area contributed by atoms with Gasteiger partial charge in [-0.25, -0.2) is 0 Å². The summed E-state index contributed by atoms with van der Waals surface area (Å²) in [6.07, 6.45) is 4.90. The maximum atomic E-state index is 12.6. The lowest BCUT2D eigenvalue weighted by atomic mass is 10.1. The minimum Gasteiger partial charge on any atom is -0.497 e. The number of hydrogen-bond acceptors (Lipinski definition) is 4. The fourth-order valence-corrected chi connectivity index (χ4v) is 3.74. The van der Waals surface area contributed by atoms with Crippen molar-refractivity contribution < 1.29 is 14.3 Å². The van der Waals surface area contributed by atoms with E-state index in [0.717, 1.165) is 38.0 Å². The normalized spacial score (nSPS) is 20.8. The highest BCUT2D eigenvalue weighted by atomic mass is 16.5. The van der Waals surface area contributed by atoms with Crippen molar-refractivity contribution in [2.24, 2.45) is 0 Å². The third kappa shape index (κ3) is 4.01. The molecule has 1 amide bonds. The van der Waals surface area contributed by atoms with Crippen LogP contribution in [0.2, 0.25) is 0 Å². The summed E-state index contributed by atoms with van der Waals surface area (Å²) in [6.45, 7) is 5.44. The molecule has 132 valence electrons. The Morgan fingerprint density at radius 2 is 1.62 bits per heavy atom. The van der Waals surface area contributed by atoms with Crippen LogP contribution in [0.15, 0.2) is 24.3 Å². The van der Waals surface area contributed by atoms with Crippen molar-refractivity contribution in [1.29, 1.82) is 0 Å². The largest absolute Gasteiger partial charge is 0.497 e. The first-order valence-corrected chi connectivity index (χ1v) is 9.01. The molecule has 1 unspecified atom stereocenters. The van der Waals surface area contributed by atoms with Crippen LogP contribution in [0, 0.1) is 0 Å². The first-order valence-electron chi connectivity index (χ1n) is 9.01. The number of carbonyl (C=O) groups is 1. The second-order valence-electron chi connectivity index (χ2n) is 6.74. The van der Waals surface area contributed by atoms with Crippen LogP contribution < -0.4 is 9.47 Å². The molecule has 0 bridgehead atoms. The van der Waals surface area contributed by atoms with Gasteiger partial charge in [0, 0.05) is 32.2 Å². The molecular weight excluding hydrogens is 304 g/mol. The fourth-order valence-electron chi connectivity index (χ4n) is 3.74. The number of rotatable bonds is 5. The van der Waals surface area contributed by atoms with Crippen LogP contribution in [0.25, 0.3) is 0 Å². The second-order valence-corrected chi connectivity index (χ2v) is 6.74. The SMILES string of the molecule is COc1ccc(OC(C)C(=O)N2CCN(C3CCCC3)CC2)cc1. The first-order chi connectivity index (χ1) is 11.7. The van der Waals surface area contributed by atoms with Gasteiger partial charge in [-0.1, -0.05) is 12.8 Å². The lowest BCUT2D eigenvalue weighted by Gasteiger charge is -2.38. The molecule has 1 saturated carbocycles. The van der Waals surface area contributed by atoms with Gasteiger partial charge >= 0.3 is 0 Å². The fraction of sp³-hybridized carbons (Fsp3) is 0.632. The third-order valence-electron chi connectivity index (χ3n) is 5.19. The number of amides is 1. The van der Waals surface area contributed by atoms with Crippen molar-refractivity contribution in [3.8, 4) is 11.5 Å². The highest BCUT2D eigenvalue weighted by Gasteiger charge is 2.30. The van der Waals surface area contributed by atoms with Crippen LogP contribution in [0.3, 0.4) is 0 Å². The van der Waals surface area contributed by atoms with E-state index in [1.54, 1.807) is 7.11 Å². The van der Waals surface area contributed by atoms with Crippen molar-refractivity contribution in [2.75, 3.05) is 33.3 Å². The first kappa shape index (κ1) is 17.1. The van der Waals surface area contributed by atoms with Gasteiger partial charge in [-0.15, -0.1) is 0 Å². The lowest BCUT2D eigenvalue weighted by molar-refractivity contribution is -0.140. The van der Waals surface area contributed by atoms with E-state index in [-0.39, 0.29) is 5.91 Å². The van der Waals surface area contributed by atoms with Crippen LogP contribution in [0.4, 0.5) is 0 Å². The third-order valence-corrected chi connectivity index (χ3v) is 5.19. The molecule has 24 heavy (non-hydrogen) atoms. The van der Waals surface area contributed by atoms with Crippen molar-refractivity contribution in [1.82, 2.24) is 9.80 Å². The Kier molecular flexibility index (Phi) is 5.61. The van der Waals surface area contributed by atoms with Gasteiger partial charge in [0.25, 0.3) is 5.91 Å². The summed E-state index contributed by atoms with van der Waals surface area (Å²) in [5, 5.41) is 0. The smallest absolute Gasteiger partial charge is 0.263 e. The molecule has 1 aliphatic heterocycles. The summed E-state index contributed by atoms with van der Waals surface area (Å²) < 4.78 is 10.9. The Balaban J connectivity index is 1.48. The van der Waals surface area contributed by atoms with Gasteiger partial charge < -0.3 is 14.4 Å². The average Bonchev–Trinajstić information content (AvgIpc) is 3.16. The molecule has 5 nitrogen and oxygen atoms in total. The maximum Gasteiger partial charge on any atom is 0.263 e.